The average molecular weight is 392 g/mol. The molecule has 29 heavy (non-hydrogen) atoms. The third kappa shape index (κ3) is 3.97. The predicted octanol–water partition coefficient (Wildman–Crippen LogP) is 4.07. The molecule has 0 radical (unpaired) electrons. The van der Waals surface area contributed by atoms with Gasteiger partial charge in [-0.3, -0.25) is 9.59 Å². The zero-order valence-electron chi connectivity index (χ0n) is 16.6. The van der Waals surface area contributed by atoms with Gasteiger partial charge in [-0.05, 0) is 30.5 Å². The monoisotopic (exact) mass is 392 g/mol. The van der Waals surface area contributed by atoms with Crippen molar-refractivity contribution in [3.05, 3.63) is 64.6 Å². The lowest BCUT2D eigenvalue weighted by atomic mass is 10.1. The average Bonchev–Trinajstić information content (AvgIpc) is 2.73. The first-order valence-electron chi connectivity index (χ1n) is 9.86. The number of carbonyl (C=O) groups is 1. The maximum atomic E-state index is 13.1. The Bertz CT molecular complexity index is 1120. The second-order valence-electron chi connectivity index (χ2n) is 7.58. The first-order valence-corrected chi connectivity index (χ1v) is 9.86. The number of carbonyl (C=O) groups excluding carboxylic acids is 1. The second-order valence-corrected chi connectivity index (χ2v) is 7.58. The number of hydrogen-bond donors (Lipinski definition) is 1. The van der Waals surface area contributed by atoms with Gasteiger partial charge in [0.2, 0.25) is 0 Å². The summed E-state index contributed by atoms with van der Waals surface area (Å²) in [6.45, 7) is 5.80. The summed E-state index contributed by atoms with van der Waals surface area (Å²) in [7, 11) is 0. The molecule has 0 fully saturated rings. The standard InChI is InChI=1S/C23H24N2O4/c1-15(2)9-10-25-14-19(17-5-3-4-6-18(17)23(25)27)22(26)24-16-7-8-20-21(13-16)29-12-11-28-20/h3-8,13-15H,9-12H2,1-2H3,(H,24,26). The van der Waals surface area contributed by atoms with E-state index in [0.29, 0.717) is 59.2 Å². The molecule has 150 valence electrons. The Kier molecular flexibility index (Phi) is 5.25. The molecule has 0 aliphatic carbocycles. The Morgan fingerprint density at radius 1 is 1.07 bits per heavy atom. The first-order chi connectivity index (χ1) is 14.0. The molecule has 0 saturated heterocycles. The number of aromatic nitrogens is 1. The van der Waals surface area contributed by atoms with E-state index in [-0.39, 0.29) is 11.5 Å². The van der Waals surface area contributed by atoms with Crippen LogP contribution < -0.4 is 20.3 Å². The van der Waals surface area contributed by atoms with Crippen molar-refractivity contribution >= 4 is 22.4 Å². The number of amides is 1. The van der Waals surface area contributed by atoms with Crippen LogP contribution in [0.25, 0.3) is 10.8 Å². The van der Waals surface area contributed by atoms with Crippen molar-refractivity contribution in [1.82, 2.24) is 4.57 Å². The van der Waals surface area contributed by atoms with E-state index < -0.39 is 0 Å². The molecule has 1 amide bonds. The van der Waals surface area contributed by atoms with Crippen molar-refractivity contribution < 1.29 is 14.3 Å². The molecule has 1 aliphatic heterocycles. The van der Waals surface area contributed by atoms with Crippen LogP contribution in [0.3, 0.4) is 0 Å². The normalized spacial score (nSPS) is 12.9. The zero-order valence-corrected chi connectivity index (χ0v) is 16.6. The number of hydrogen-bond acceptors (Lipinski definition) is 4. The number of pyridine rings is 1. The predicted molar refractivity (Wildman–Crippen MR) is 113 cm³/mol. The van der Waals surface area contributed by atoms with Gasteiger partial charge in [-0.25, -0.2) is 0 Å². The highest BCUT2D eigenvalue weighted by molar-refractivity contribution is 6.12. The van der Waals surface area contributed by atoms with E-state index in [4.69, 9.17) is 9.47 Å². The smallest absolute Gasteiger partial charge is 0.258 e. The summed E-state index contributed by atoms with van der Waals surface area (Å²) in [6.07, 6.45) is 2.53. The third-order valence-electron chi connectivity index (χ3n) is 4.99. The highest BCUT2D eigenvalue weighted by Gasteiger charge is 2.17. The van der Waals surface area contributed by atoms with Crippen LogP contribution in [0.15, 0.2) is 53.5 Å². The largest absolute Gasteiger partial charge is 0.486 e. The molecule has 3 aromatic rings. The lowest BCUT2D eigenvalue weighted by Crippen LogP contribution is -2.24. The Hall–Kier alpha value is -3.28. The Morgan fingerprint density at radius 3 is 2.55 bits per heavy atom. The minimum atomic E-state index is -0.267. The lowest BCUT2D eigenvalue weighted by Gasteiger charge is -2.19. The molecule has 2 aromatic carbocycles. The van der Waals surface area contributed by atoms with E-state index in [1.165, 1.54) is 0 Å². The number of rotatable bonds is 5. The number of fused-ring (bicyclic) bond motifs is 2. The zero-order chi connectivity index (χ0) is 20.4. The van der Waals surface area contributed by atoms with Crippen LogP contribution >= 0.6 is 0 Å². The van der Waals surface area contributed by atoms with Gasteiger partial charge in [0.25, 0.3) is 11.5 Å². The van der Waals surface area contributed by atoms with Crippen LogP contribution in [0.2, 0.25) is 0 Å². The van der Waals surface area contributed by atoms with Gasteiger partial charge in [0, 0.05) is 35.3 Å². The third-order valence-corrected chi connectivity index (χ3v) is 4.99. The van der Waals surface area contributed by atoms with Crippen molar-refractivity contribution in [1.29, 1.82) is 0 Å². The molecular weight excluding hydrogens is 368 g/mol. The topological polar surface area (TPSA) is 69.6 Å². The number of ether oxygens (including phenoxy) is 2. The van der Waals surface area contributed by atoms with E-state index in [1.54, 1.807) is 35.0 Å². The number of anilines is 1. The maximum absolute atomic E-state index is 13.1. The van der Waals surface area contributed by atoms with Gasteiger partial charge < -0.3 is 19.4 Å². The maximum Gasteiger partial charge on any atom is 0.258 e. The van der Waals surface area contributed by atoms with Gasteiger partial charge >= 0.3 is 0 Å². The molecule has 0 bridgehead atoms. The molecule has 1 N–H and O–H groups in total. The van der Waals surface area contributed by atoms with Crippen LogP contribution in [0, 0.1) is 5.92 Å². The highest BCUT2D eigenvalue weighted by Crippen LogP contribution is 2.32. The van der Waals surface area contributed by atoms with Gasteiger partial charge in [0.05, 0.1) is 5.56 Å². The number of benzene rings is 2. The molecule has 0 saturated carbocycles. The van der Waals surface area contributed by atoms with Gasteiger partial charge in [0.1, 0.15) is 13.2 Å². The van der Waals surface area contributed by atoms with Gasteiger partial charge in [-0.2, -0.15) is 0 Å². The molecule has 6 nitrogen and oxygen atoms in total. The molecule has 2 heterocycles. The van der Waals surface area contributed by atoms with Crippen LogP contribution in [0.4, 0.5) is 5.69 Å². The van der Waals surface area contributed by atoms with Crippen molar-refractivity contribution in [2.75, 3.05) is 18.5 Å². The van der Waals surface area contributed by atoms with Crippen molar-refractivity contribution in [2.45, 2.75) is 26.8 Å². The minimum absolute atomic E-state index is 0.0721. The van der Waals surface area contributed by atoms with E-state index >= 15 is 0 Å². The van der Waals surface area contributed by atoms with E-state index in [2.05, 4.69) is 19.2 Å². The summed E-state index contributed by atoms with van der Waals surface area (Å²) < 4.78 is 12.8. The van der Waals surface area contributed by atoms with Crippen LogP contribution in [-0.2, 0) is 6.54 Å². The van der Waals surface area contributed by atoms with Gasteiger partial charge in [0.15, 0.2) is 11.5 Å². The first kappa shape index (κ1) is 19.1. The molecule has 1 aliphatic rings. The van der Waals surface area contributed by atoms with Crippen LogP contribution in [-0.4, -0.2) is 23.7 Å². The second kappa shape index (κ2) is 7.99. The number of nitrogens with one attached hydrogen (secondary N) is 1. The fraction of sp³-hybridized carbons (Fsp3) is 0.304. The summed E-state index contributed by atoms with van der Waals surface area (Å²) in [5.74, 6) is 1.47. The lowest BCUT2D eigenvalue weighted by molar-refractivity contribution is 0.102. The number of nitrogens with zero attached hydrogens (tertiary/aromatic N) is 1. The van der Waals surface area contributed by atoms with Crippen molar-refractivity contribution in [3.8, 4) is 11.5 Å². The summed E-state index contributed by atoms with van der Waals surface area (Å²) in [6, 6.07) is 12.5. The number of aryl methyl sites for hydroxylation is 1. The Labute approximate surface area is 169 Å². The molecule has 1 aromatic heterocycles. The SMILES string of the molecule is CC(C)CCn1cc(C(=O)Nc2ccc3c(c2)OCCO3)c2ccccc2c1=O. The molecule has 6 heteroatoms. The van der Waals surface area contributed by atoms with Crippen molar-refractivity contribution in [3.63, 3.8) is 0 Å². The van der Waals surface area contributed by atoms with E-state index in [1.807, 2.05) is 18.2 Å². The van der Waals surface area contributed by atoms with Crippen LogP contribution in [0.5, 0.6) is 11.5 Å². The van der Waals surface area contributed by atoms with Gasteiger partial charge in [-0.1, -0.05) is 32.0 Å². The summed E-state index contributed by atoms with van der Waals surface area (Å²) in [5.41, 5.74) is 1.01. The molecule has 0 atom stereocenters. The summed E-state index contributed by atoms with van der Waals surface area (Å²) in [4.78, 5) is 25.9. The minimum Gasteiger partial charge on any atom is -0.486 e. The molecule has 0 spiro atoms. The van der Waals surface area contributed by atoms with Crippen LogP contribution in [0.1, 0.15) is 30.6 Å². The fourth-order valence-electron chi connectivity index (χ4n) is 3.41. The van der Waals surface area contributed by atoms with Crippen molar-refractivity contribution in [2.24, 2.45) is 5.92 Å². The molecule has 4 rings (SSSR count). The highest BCUT2D eigenvalue weighted by atomic mass is 16.6. The Balaban J connectivity index is 1.69. The summed E-state index contributed by atoms with van der Waals surface area (Å²) in [5, 5.41) is 4.12. The van der Waals surface area contributed by atoms with Gasteiger partial charge in [-0.15, -0.1) is 0 Å². The fourth-order valence-corrected chi connectivity index (χ4v) is 3.41. The molecule has 0 unspecified atom stereocenters. The van der Waals surface area contributed by atoms with E-state index in [9.17, 15) is 9.59 Å². The summed E-state index contributed by atoms with van der Waals surface area (Å²) >= 11 is 0. The van der Waals surface area contributed by atoms with E-state index in [0.717, 1.165) is 6.42 Å². The quantitative estimate of drug-likeness (QED) is 0.711. The molecular formula is C23H24N2O4. The Morgan fingerprint density at radius 2 is 1.79 bits per heavy atom.